The van der Waals surface area contributed by atoms with Gasteiger partial charge >= 0.3 is 0 Å². The molecule has 1 heterocycles. The van der Waals surface area contributed by atoms with Crippen molar-refractivity contribution in [3.8, 4) is 0 Å². The molecule has 5 nitrogen and oxygen atoms in total. The van der Waals surface area contributed by atoms with Gasteiger partial charge in [0.1, 0.15) is 11.9 Å². The van der Waals surface area contributed by atoms with Gasteiger partial charge in [0.2, 0.25) is 11.8 Å². The summed E-state index contributed by atoms with van der Waals surface area (Å²) in [5.74, 6) is -1.30. The summed E-state index contributed by atoms with van der Waals surface area (Å²) in [7, 11) is 0. The Hall–Kier alpha value is -3.15. The molecular formula is C19H18FN3O2. The lowest BCUT2D eigenvalue weighted by Crippen LogP contribution is -2.46. The molecule has 25 heavy (non-hydrogen) atoms. The number of halogens is 1. The van der Waals surface area contributed by atoms with Crippen molar-refractivity contribution in [3.63, 3.8) is 0 Å². The monoisotopic (exact) mass is 339 g/mol. The number of carbonyl (C=O) groups excluding carboxylic acids is 2. The van der Waals surface area contributed by atoms with Crippen LogP contribution in [0.25, 0.3) is 10.9 Å². The van der Waals surface area contributed by atoms with Crippen LogP contribution in [0.4, 0.5) is 4.39 Å². The zero-order chi connectivity index (χ0) is 17.8. The Kier molecular flexibility index (Phi) is 4.79. The minimum atomic E-state index is -0.813. The normalized spacial score (nSPS) is 12.0. The second kappa shape index (κ2) is 7.17. The number of benzene rings is 2. The molecule has 2 aromatic carbocycles. The third-order valence-corrected chi connectivity index (χ3v) is 4.06. The smallest absolute Gasteiger partial charge is 0.240 e. The average molecular weight is 339 g/mol. The van der Waals surface area contributed by atoms with Gasteiger partial charge in [0.15, 0.2) is 0 Å². The molecule has 0 bridgehead atoms. The van der Waals surface area contributed by atoms with E-state index < -0.39 is 11.9 Å². The maximum atomic E-state index is 12.9. The van der Waals surface area contributed by atoms with Gasteiger partial charge in [-0.3, -0.25) is 9.59 Å². The Morgan fingerprint density at radius 1 is 1.12 bits per heavy atom. The molecule has 0 spiro atoms. The first-order chi connectivity index (χ1) is 12.0. The third kappa shape index (κ3) is 4.03. The first kappa shape index (κ1) is 16.7. The molecule has 0 saturated carbocycles. The van der Waals surface area contributed by atoms with Gasteiger partial charge in [-0.05, 0) is 29.3 Å². The first-order valence-electron chi connectivity index (χ1n) is 7.91. The fraction of sp³-hybridized carbons (Fsp3) is 0.158. The summed E-state index contributed by atoms with van der Waals surface area (Å²) in [6, 6.07) is 12.5. The number of hydrogen-bond acceptors (Lipinski definition) is 2. The van der Waals surface area contributed by atoms with Crippen molar-refractivity contribution in [3.05, 3.63) is 71.7 Å². The second-order valence-electron chi connectivity index (χ2n) is 5.89. The van der Waals surface area contributed by atoms with Crippen molar-refractivity contribution in [2.75, 3.05) is 0 Å². The minimum Gasteiger partial charge on any atom is -0.368 e. The Labute approximate surface area is 144 Å². The van der Waals surface area contributed by atoms with Crippen molar-refractivity contribution in [1.82, 2.24) is 10.3 Å². The topological polar surface area (TPSA) is 88.0 Å². The predicted molar refractivity (Wildman–Crippen MR) is 93.2 cm³/mol. The number of amides is 2. The molecule has 0 aliphatic heterocycles. The SMILES string of the molecule is NC(=O)[C@@H](Cc1c[nH]c2ccccc12)NC(=O)Cc1ccc(F)cc1. The molecule has 1 aromatic heterocycles. The zero-order valence-corrected chi connectivity index (χ0v) is 13.5. The Morgan fingerprint density at radius 2 is 1.84 bits per heavy atom. The Morgan fingerprint density at radius 3 is 2.56 bits per heavy atom. The maximum absolute atomic E-state index is 12.9. The third-order valence-electron chi connectivity index (χ3n) is 4.06. The van der Waals surface area contributed by atoms with Crippen LogP contribution >= 0.6 is 0 Å². The average Bonchev–Trinajstić information content (AvgIpc) is 2.99. The number of para-hydroxylation sites is 1. The number of hydrogen-bond donors (Lipinski definition) is 3. The van der Waals surface area contributed by atoms with Crippen molar-refractivity contribution in [2.45, 2.75) is 18.9 Å². The van der Waals surface area contributed by atoms with Crippen molar-refractivity contribution < 1.29 is 14.0 Å². The number of nitrogens with one attached hydrogen (secondary N) is 2. The number of carbonyl (C=O) groups is 2. The van der Waals surface area contributed by atoms with Crippen LogP contribution in [0.5, 0.6) is 0 Å². The summed E-state index contributed by atoms with van der Waals surface area (Å²) in [5, 5.41) is 3.65. The van der Waals surface area contributed by atoms with Gasteiger partial charge in [-0.25, -0.2) is 4.39 Å². The van der Waals surface area contributed by atoms with Gasteiger partial charge < -0.3 is 16.0 Å². The molecule has 0 unspecified atom stereocenters. The molecule has 6 heteroatoms. The summed E-state index contributed by atoms with van der Waals surface area (Å²) in [6.07, 6.45) is 2.17. The lowest BCUT2D eigenvalue weighted by Gasteiger charge is -2.15. The Bertz CT molecular complexity index is 902. The van der Waals surface area contributed by atoms with Crippen LogP contribution in [0.2, 0.25) is 0 Å². The van der Waals surface area contributed by atoms with Crippen LogP contribution in [0.1, 0.15) is 11.1 Å². The summed E-state index contributed by atoms with van der Waals surface area (Å²) in [4.78, 5) is 27.1. The van der Waals surface area contributed by atoms with Gasteiger partial charge in [-0.15, -0.1) is 0 Å². The highest BCUT2D eigenvalue weighted by atomic mass is 19.1. The van der Waals surface area contributed by atoms with Crippen LogP contribution in [-0.4, -0.2) is 22.8 Å². The molecule has 128 valence electrons. The molecule has 0 radical (unpaired) electrons. The molecule has 0 aliphatic rings. The minimum absolute atomic E-state index is 0.0535. The zero-order valence-electron chi connectivity index (χ0n) is 13.5. The lowest BCUT2D eigenvalue weighted by atomic mass is 10.0. The molecule has 2 amide bonds. The van der Waals surface area contributed by atoms with E-state index in [1.807, 2.05) is 30.5 Å². The number of aromatic amines is 1. The molecule has 0 aliphatic carbocycles. The van der Waals surface area contributed by atoms with Crippen LogP contribution in [0.15, 0.2) is 54.7 Å². The summed E-state index contributed by atoms with van der Waals surface area (Å²) in [6.45, 7) is 0. The molecule has 1 atom stereocenters. The van der Waals surface area contributed by atoms with E-state index in [0.717, 1.165) is 16.5 Å². The molecule has 0 fully saturated rings. The van der Waals surface area contributed by atoms with E-state index in [2.05, 4.69) is 10.3 Å². The molecule has 3 aromatic rings. The quantitative estimate of drug-likeness (QED) is 0.642. The van der Waals surface area contributed by atoms with Gasteiger partial charge in [0, 0.05) is 23.5 Å². The molecular weight excluding hydrogens is 321 g/mol. The standard InChI is InChI=1S/C19H18FN3O2/c20-14-7-5-12(6-8-14)9-18(24)23-17(19(21)25)10-13-11-22-16-4-2-1-3-15(13)16/h1-8,11,17,22H,9-10H2,(H2,21,25)(H,23,24)/t17-/m1/s1. The molecule has 3 rings (SSSR count). The fourth-order valence-corrected chi connectivity index (χ4v) is 2.78. The number of aromatic nitrogens is 1. The van der Waals surface area contributed by atoms with Gasteiger partial charge in [-0.1, -0.05) is 30.3 Å². The highest BCUT2D eigenvalue weighted by Crippen LogP contribution is 2.19. The van der Waals surface area contributed by atoms with Crippen LogP contribution in [-0.2, 0) is 22.4 Å². The summed E-state index contributed by atoms with van der Waals surface area (Å²) < 4.78 is 12.9. The van der Waals surface area contributed by atoms with Gasteiger partial charge in [0.05, 0.1) is 6.42 Å². The molecule has 0 saturated heterocycles. The van der Waals surface area contributed by atoms with Gasteiger partial charge in [0.25, 0.3) is 0 Å². The number of fused-ring (bicyclic) bond motifs is 1. The van der Waals surface area contributed by atoms with Crippen molar-refractivity contribution in [2.24, 2.45) is 5.73 Å². The van der Waals surface area contributed by atoms with E-state index in [-0.39, 0.29) is 18.1 Å². The van der Waals surface area contributed by atoms with Crippen molar-refractivity contribution in [1.29, 1.82) is 0 Å². The number of nitrogens with two attached hydrogens (primary N) is 1. The van der Waals surface area contributed by atoms with E-state index in [9.17, 15) is 14.0 Å². The second-order valence-corrected chi connectivity index (χ2v) is 5.89. The predicted octanol–water partition coefficient (Wildman–Crippen LogP) is 2.06. The lowest BCUT2D eigenvalue weighted by molar-refractivity contribution is -0.126. The van der Waals surface area contributed by atoms with Crippen LogP contribution < -0.4 is 11.1 Å². The van der Waals surface area contributed by atoms with E-state index in [0.29, 0.717) is 12.0 Å². The fourth-order valence-electron chi connectivity index (χ4n) is 2.78. The van der Waals surface area contributed by atoms with E-state index in [4.69, 9.17) is 5.73 Å². The van der Waals surface area contributed by atoms with Crippen LogP contribution in [0, 0.1) is 5.82 Å². The summed E-state index contributed by atoms with van der Waals surface area (Å²) >= 11 is 0. The maximum Gasteiger partial charge on any atom is 0.240 e. The number of H-pyrrole nitrogens is 1. The van der Waals surface area contributed by atoms with Crippen molar-refractivity contribution >= 4 is 22.7 Å². The van der Waals surface area contributed by atoms with E-state index in [1.54, 1.807) is 0 Å². The van der Waals surface area contributed by atoms with E-state index >= 15 is 0 Å². The first-order valence-corrected chi connectivity index (χ1v) is 7.91. The highest BCUT2D eigenvalue weighted by molar-refractivity contribution is 5.89. The number of primary amides is 1. The Balaban J connectivity index is 1.69. The summed E-state index contributed by atoms with van der Waals surface area (Å²) in [5.41, 5.74) is 7.97. The van der Waals surface area contributed by atoms with Gasteiger partial charge in [-0.2, -0.15) is 0 Å². The highest BCUT2D eigenvalue weighted by Gasteiger charge is 2.20. The molecule has 4 N–H and O–H groups in total. The van der Waals surface area contributed by atoms with Crippen LogP contribution in [0.3, 0.4) is 0 Å². The number of rotatable bonds is 6. The largest absolute Gasteiger partial charge is 0.368 e. The van der Waals surface area contributed by atoms with E-state index in [1.165, 1.54) is 24.3 Å².